The van der Waals surface area contributed by atoms with Crippen LogP contribution in [-0.4, -0.2) is 36.1 Å². The molecular formula is C10H13FN4O2S. The first kappa shape index (κ1) is 12.9. The first-order valence-electron chi connectivity index (χ1n) is 5.41. The molecule has 1 fully saturated rings. The van der Waals surface area contributed by atoms with Crippen molar-refractivity contribution in [3.63, 3.8) is 0 Å². The highest BCUT2D eigenvalue weighted by molar-refractivity contribution is 7.89. The quantitative estimate of drug-likeness (QED) is 0.611. The van der Waals surface area contributed by atoms with E-state index in [0.29, 0.717) is 12.8 Å². The molecule has 0 spiro atoms. The van der Waals surface area contributed by atoms with Crippen LogP contribution in [0.3, 0.4) is 0 Å². The molecule has 6 nitrogen and oxygen atoms in total. The molecule has 0 aromatic carbocycles. The highest BCUT2D eigenvalue weighted by Crippen LogP contribution is 2.25. The maximum atomic E-state index is 13.5. The standard InChI is InChI=1S/C10H13FN4O2S/c11-7-3-1-5-14-10(7)18(16,17)15-6-2-4-8(15)9(12)13/h1,3,5,8H,2,4,6H2,(H3,12,13). The Kier molecular flexibility index (Phi) is 3.31. The van der Waals surface area contributed by atoms with E-state index < -0.39 is 26.9 Å². The summed E-state index contributed by atoms with van der Waals surface area (Å²) in [4.78, 5) is 3.57. The number of nitrogens with one attached hydrogen (secondary N) is 1. The lowest BCUT2D eigenvalue weighted by molar-refractivity contribution is 0.434. The van der Waals surface area contributed by atoms with E-state index >= 15 is 0 Å². The summed E-state index contributed by atoms with van der Waals surface area (Å²) in [6, 6.07) is 1.66. The average molecular weight is 272 g/mol. The zero-order valence-corrected chi connectivity index (χ0v) is 10.3. The van der Waals surface area contributed by atoms with Crippen LogP contribution in [0.25, 0.3) is 0 Å². The van der Waals surface area contributed by atoms with E-state index in [-0.39, 0.29) is 12.4 Å². The van der Waals surface area contributed by atoms with Crippen LogP contribution in [0.2, 0.25) is 0 Å². The number of sulfonamides is 1. The van der Waals surface area contributed by atoms with Gasteiger partial charge in [-0.2, -0.15) is 4.31 Å². The number of pyridine rings is 1. The van der Waals surface area contributed by atoms with Gasteiger partial charge < -0.3 is 5.73 Å². The molecule has 3 N–H and O–H groups in total. The summed E-state index contributed by atoms with van der Waals surface area (Å²) in [7, 11) is -4.04. The molecule has 1 aromatic heterocycles. The van der Waals surface area contributed by atoms with Crippen molar-refractivity contribution in [2.75, 3.05) is 6.54 Å². The molecule has 1 unspecified atom stereocenters. The second kappa shape index (κ2) is 4.62. The zero-order valence-electron chi connectivity index (χ0n) is 9.51. The van der Waals surface area contributed by atoms with E-state index in [0.717, 1.165) is 10.4 Å². The minimum Gasteiger partial charge on any atom is -0.386 e. The molecule has 0 saturated carbocycles. The molecule has 0 bridgehead atoms. The molecule has 1 aliphatic rings. The Morgan fingerprint density at radius 1 is 1.61 bits per heavy atom. The summed E-state index contributed by atoms with van der Waals surface area (Å²) < 4.78 is 39.0. The molecule has 8 heteroatoms. The van der Waals surface area contributed by atoms with Crippen molar-refractivity contribution in [3.8, 4) is 0 Å². The van der Waals surface area contributed by atoms with Crippen molar-refractivity contribution < 1.29 is 12.8 Å². The van der Waals surface area contributed by atoms with Gasteiger partial charge >= 0.3 is 0 Å². The van der Waals surface area contributed by atoms with Crippen LogP contribution in [0.15, 0.2) is 23.4 Å². The smallest absolute Gasteiger partial charge is 0.264 e. The second-order valence-corrected chi connectivity index (χ2v) is 5.83. The monoisotopic (exact) mass is 272 g/mol. The summed E-state index contributed by atoms with van der Waals surface area (Å²) in [5.74, 6) is -1.13. The highest BCUT2D eigenvalue weighted by Gasteiger charge is 2.38. The largest absolute Gasteiger partial charge is 0.386 e. The van der Waals surface area contributed by atoms with Crippen molar-refractivity contribution in [1.82, 2.24) is 9.29 Å². The number of hydrogen-bond acceptors (Lipinski definition) is 4. The lowest BCUT2D eigenvalue weighted by atomic mass is 10.2. The number of nitrogens with zero attached hydrogens (tertiary/aromatic N) is 2. The van der Waals surface area contributed by atoms with Gasteiger partial charge in [-0.25, -0.2) is 17.8 Å². The van der Waals surface area contributed by atoms with Crippen molar-refractivity contribution in [3.05, 3.63) is 24.1 Å². The first-order valence-corrected chi connectivity index (χ1v) is 6.85. The molecule has 1 aromatic rings. The third-order valence-electron chi connectivity index (χ3n) is 2.84. The van der Waals surface area contributed by atoms with Crippen molar-refractivity contribution in [2.45, 2.75) is 23.9 Å². The number of nitrogens with two attached hydrogens (primary N) is 1. The topological polar surface area (TPSA) is 100 Å². The SMILES string of the molecule is N=C(N)C1CCCN1S(=O)(=O)c1ncccc1F. The summed E-state index contributed by atoms with van der Waals surface area (Å²) in [6.45, 7) is 0.225. The fourth-order valence-corrected chi connectivity index (χ4v) is 3.66. The summed E-state index contributed by atoms with van der Waals surface area (Å²) >= 11 is 0. The Balaban J connectivity index is 2.43. The summed E-state index contributed by atoms with van der Waals surface area (Å²) in [5, 5.41) is 6.76. The minimum absolute atomic E-state index is 0.225. The Morgan fingerprint density at radius 2 is 2.33 bits per heavy atom. The predicted octanol–water partition coefficient (Wildman–Crippen LogP) is 0.310. The molecular weight excluding hydrogens is 259 g/mol. The molecule has 0 amide bonds. The normalized spacial score (nSPS) is 21.1. The molecule has 1 atom stereocenters. The fraction of sp³-hybridized carbons (Fsp3) is 0.400. The van der Waals surface area contributed by atoms with Crippen LogP contribution in [0.5, 0.6) is 0 Å². The molecule has 18 heavy (non-hydrogen) atoms. The molecule has 1 aliphatic heterocycles. The van der Waals surface area contributed by atoms with Gasteiger partial charge in [0.25, 0.3) is 10.0 Å². The van der Waals surface area contributed by atoms with Gasteiger partial charge in [-0.3, -0.25) is 5.41 Å². The van der Waals surface area contributed by atoms with Gasteiger partial charge in [0, 0.05) is 12.7 Å². The van der Waals surface area contributed by atoms with E-state index in [4.69, 9.17) is 11.1 Å². The van der Waals surface area contributed by atoms with Crippen LogP contribution in [0.1, 0.15) is 12.8 Å². The number of hydrogen-bond donors (Lipinski definition) is 2. The van der Waals surface area contributed by atoms with E-state index in [1.165, 1.54) is 12.3 Å². The van der Waals surface area contributed by atoms with Gasteiger partial charge in [-0.15, -0.1) is 0 Å². The van der Waals surface area contributed by atoms with Crippen LogP contribution < -0.4 is 5.73 Å². The number of rotatable bonds is 3. The molecule has 0 aliphatic carbocycles. The van der Waals surface area contributed by atoms with Gasteiger partial charge in [-0.1, -0.05) is 0 Å². The molecule has 98 valence electrons. The van der Waals surface area contributed by atoms with Gasteiger partial charge in [0.2, 0.25) is 5.03 Å². The lowest BCUT2D eigenvalue weighted by Crippen LogP contribution is -2.43. The van der Waals surface area contributed by atoms with Crippen LogP contribution in [0.4, 0.5) is 4.39 Å². The third kappa shape index (κ3) is 2.08. The first-order chi connectivity index (χ1) is 8.44. The van der Waals surface area contributed by atoms with Crippen LogP contribution in [-0.2, 0) is 10.0 Å². The Hall–Kier alpha value is -1.54. The lowest BCUT2D eigenvalue weighted by Gasteiger charge is -2.22. The fourth-order valence-electron chi connectivity index (χ4n) is 2.01. The summed E-state index contributed by atoms with van der Waals surface area (Å²) in [6.07, 6.45) is 2.29. The van der Waals surface area contributed by atoms with Gasteiger partial charge in [0.05, 0.1) is 6.04 Å². The highest BCUT2D eigenvalue weighted by atomic mass is 32.2. The second-order valence-electron chi connectivity index (χ2n) is 4.02. The maximum Gasteiger partial charge on any atom is 0.264 e. The Bertz CT molecular complexity index is 575. The average Bonchev–Trinajstić information content (AvgIpc) is 2.78. The molecule has 0 radical (unpaired) electrons. The Morgan fingerprint density at radius 3 is 2.94 bits per heavy atom. The third-order valence-corrected chi connectivity index (χ3v) is 4.68. The predicted molar refractivity (Wildman–Crippen MR) is 63.0 cm³/mol. The number of amidine groups is 1. The maximum absolute atomic E-state index is 13.5. The van der Waals surface area contributed by atoms with Crippen molar-refractivity contribution in [1.29, 1.82) is 5.41 Å². The summed E-state index contributed by atoms with van der Waals surface area (Å²) in [5.41, 5.74) is 5.36. The molecule has 2 heterocycles. The van der Waals surface area contributed by atoms with Gasteiger partial charge in [0.15, 0.2) is 5.82 Å². The minimum atomic E-state index is -4.04. The number of aromatic nitrogens is 1. The molecule has 1 saturated heterocycles. The van der Waals surface area contributed by atoms with E-state index in [1.54, 1.807) is 0 Å². The zero-order chi connectivity index (χ0) is 13.3. The van der Waals surface area contributed by atoms with E-state index in [1.807, 2.05) is 0 Å². The van der Waals surface area contributed by atoms with Crippen LogP contribution >= 0.6 is 0 Å². The van der Waals surface area contributed by atoms with Gasteiger partial charge in [-0.05, 0) is 25.0 Å². The van der Waals surface area contributed by atoms with Crippen LogP contribution in [0, 0.1) is 11.2 Å². The van der Waals surface area contributed by atoms with Crippen molar-refractivity contribution >= 4 is 15.9 Å². The van der Waals surface area contributed by atoms with E-state index in [9.17, 15) is 12.8 Å². The van der Waals surface area contributed by atoms with Crippen molar-refractivity contribution in [2.24, 2.45) is 5.73 Å². The van der Waals surface area contributed by atoms with Gasteiger partial charge in [0.1, 0.15) is 5.84 Å². The van der Waals surface area contributed by atoms with E-state index in [2.05, 4.69) is 4.98 Å². The molecule has 2 rings (SSSR count). The Labute approximate surface area is 104 Å². The number of halogens is 1.